The number of hydrogen-bond donors (Lipinski definition) is 1. The number of methoxy groups -OCH3 is 1. The number of carbonyl (C=O) groups excluding carboxylic acids is 1. The van der Waals surface area contributed by atoms with Gasteiger partial charge < -0.3 is 14.6 Å². The van der Waals surface area contributed by atoms with Crippen molar-refractivity contribution in [3.8, 4) is 5.75 Å². The SMILES string of the molecule is CCc1nc2ccccc2n1CC(=O)NCc1cccc(OC)c1. The number of para-hydroxylation sites is 2. The number of ether oxygens (including phenoxy) is 1. The van der Waals surface area contributed by atoms with Crippen LogP contribution in [0.3, 0.4) is 0 Å². The quantitative estimate of drug-likeness (QED) is 0.759. The third kappa shape index (κ3) is 3.40. The van der Waals surface area contributed by atoms with E-state index < -0.39 is 0 Å². The van der Waals surface area contributed by atoms with Crippen molar-refractivity contribution in [3.63, 3.8) is 0 Å². The van der Waals surface area contributed by atoms with E-state index in [2.05, 4.69) is 10.3 Å². The minimum absolute atomic E-state index is 0.0318. The number of imidazole rings is 1. The maximum atomic E-state index is 12.4. The lowest BCUT2D eigenvalue weighted by Gasteiger charge is -2.10. The summed E-state index contributed by atoms with van der Waals surface area (Å²) in [6.07, 6.45) is 0.790. The average molecular weight is 323 g/mol. The molecule has 1 heterocycles. The molecule has 1 aromatic heterocycles. The topological polar surface area (TPSA) is 56.2 Å². The molecule has 3 rings (SSSR count). The van der Waals surface area contributed by atoms with E-state index in [1.54, 1.807) is 7.11 Å². The summed E-state index contributed by atoms with van der Waals surface area (Å²) in [6, 6.07) is 15.6. The lowest BCUT2D eigenvalue weighted by Crippen LogP contribution is -2.27. The van der Waals surface area contributed by atoms with Crippen LogP contribution in [0, 0.1) is 0 Å². The Morgan fingerprint density at radius 3 is 2.83 bits per heavy atom. The smallest absolute Gasteiger partial charge is 0.240 e. The number of benzene rings is 2. The van der Waals surface area contributed by atoms with Gasteiger partial charge in [0.2, 0.25) is 5.91 Å². The first-order valence-electron chi connectivity index (χ1n) is 8.05. The Morgan fingerprint density at radius 1 is 1.21 bits per heavy atom. The van der Waals surface area contributed by atoms with Crippen LogP contribution in [0.1, 0.15) is 18.3 Å². The maximum Gasteiger partial charge on any atom is 0.240 e. The highest BCUT2D eigenvalue weighted by Crippen LogP contribution is 2.16. The van der Waals surface area contributed by atoms with Crippen LogP contribution < -0.4 is 10.1 Å². The maximum absolute atomic E-state index is 12.4. The number of nitrogens with one attached hydrogen (secondary N) is 1. The van der Waals surface area contributed by atoms with Gasteiger partial charge in [-0.1, -0.05) is 31.2 Å². The monoisotopic (exact) mass is 323 g/mol. The van der Waals surface area contributed by atoms with Crippen molar-refractivity contribution in [3.05, 3.63) is 59.9 Å². The Kier molecular flexibility index (Phi) is 4.79. The molecule has 2 aromatic carbocycles. The molecule has 0 aliphatic carbocycles. The van der Waals surface area contributed by atoms with Gasteiger partial charge in [-0.2, -0.15) is 0 Å². The zero-order valence-corrected chi connectivity index (χ0v) is 14.0. The van der Waals surface area contributed by atoms with Crippen LogP contribution in [0.4, 0.5) is 0 Å². The minimum atomic E-state index is -0.0318. The Balaban J connectivity index is 1.71. The molecule has 3 aromatic rings. The molecule has 0 radical (unpaired) electrons. The molecule has 1 N–H and O–H groups in total. The summed E-state index contributed by atoms with van der Waals surface area (Å²) < 4.78 is 7.18. The summed E-state index contributed by atoms with van der Waals surface area (Å²) in [5, 5.41) is 2.96. The van der Waals surface area contributed by atoms with Gasteiger partial charge in [0, 0.05) is 13.0 Å². The van der Waals surface area contributed by atoms with Gasteiger partial charge in [0.15, 0.2) is 0 Å². The Hall–Kier alpha value is -2.82. The van der Waals surface area contributed by atoms with Crippen molar-refractivity contribution >= 4 is 16.9 Å². The minimum Gasteiger partial charge on any atom is -0.497 e. The van der Waals surface area contributed by atoms with Gasteiger partial charge in [0.25, 0.3) is 0 Å². The number of carbonyl (C=O) groups is 1. The standard InChI is InChI=1S/C19H21N3O2/c1-3-18-21-16-9-4-5-10-17(16)22(18)13-19(23)20-12-14-7-6-8-15(11-14)24-2/h4-11H,3,12-13H2,1-2H3,(H,20,23). The van der Waals surface area contributed by atoms with Crippen molar-refractivity contribution in [2.24, 2.45) is 0 Å². The zero-order valence-electron chi connectivity index (χ0n) is 14.0. The van der Waals surface area contributed by atoms with E-state index in [0.29, 0.717) is 6.54 Å². The van der Waals surface area contributed by atoms with Crippen molar-refractivity contribution < 1.29 is 9.53 Å². The van der Waals surface area contributed by atoms with E-state index >= 15 is 0 Å². The van der Waals surface area contributed by atoms with Gasteiger partial charge in [-0.15, -0.1) is 0 Å². The molecule has 0 aliphatic rings. The number of nitrogens with zero attached hydrogens (tertiary/aromatic N) is 2. The van der Waals surface area contributed by atoms with Gasteiger partial charge in [0.1, 0.15) is 18.1 Å². The first-order valence-corrected chi connectivity index (χ1v) is 8.05. The lowest BCUT2D eigenvalue weighted by molar-refractivity contribution is -0.121. The van der Waals surface area contributed by atoms with Crippen molar-refractivity contribution in [2.45, 2.75) is 26.4 Å². The molecule has 0 bridgehead atoms. The third-order valence-corrected chi connectivity index (χ3v) is 3.98. The number of aryl methyl sites for hydroxylation is 1. The average Bonchev–Trinajstić information content (AvgIpc) is 2.98. The number of amides is 1. The van der Waals surface area contributed by atoms with Crippen LogP contribution in [0.15, 0.2) is 48.5 Å². The van der Waals surface area contributed by atoms with Crippen LogP contribution in [-0.4, -0.2) is 22.6 Å². The van der Waals surface area contributed by atoms with E-state index in [4.69, 9.17) is 4.74 Å². The van der Waals surface area contributed by atoms with Crippen LogP contribution in [0.25, 0.3) is 11.0 Å². The summed E-state index contributed by atoms with van der Waals surface area (Å²) >= 11 is 0. The molecule has 0 saturated heterocycles. The molecule has 0 atom stereocenters. The van der Waals surface area contributed by atoms with Crippen molar-refractivity contribution in [1.29, 1.82) is 0 Å². The van der Waals surface area contributed by atoms with Gasteiger partial charge in [-0.05, 0) is 29.8 Å². The molecule has 0 saturated carbocycles. The fourth-order valence-electron chi connectivity index (χ4n) is 2.75. The molecule has 0 aliphatic heterocycles. The second kappa shape index (κ2) is 7.17. The molecule has 0 fully saturated rings. The lowest BCUT2D eigenvalue weighted by atomic mass is 10.2. The first kappa shape index (κ1) is 16.1. The molecule has 0 unspecified atom stereocenters. The van der Waals surface area contributed by atoms with E-state index in [1.165, 1.54) is 0 Å². The number of fused-ring (bicyclic) bond motifs is 1. The number of aromatic nitrogens is 2. The molecule has 24 heavy (non-hydrogen) atoms. The van der Waals surface area contributed by atoms with Gasteiger partial charge in [0.05, 0.1) is 18.1 Å². The van der Waals surface area contributed by atoms with Crippen LogP contribution in [0.5, 0.6) is 5.75 Å². The summed E-state index contributed by atoms with van der Waals surface area (Å²) in [4.78, 5) is 17.0. The second-order valence-electron chi connectivity index (χ2n) is 5.58. The Labute approximate surface area is 141 Å². The molecule has 0 spiro atoms. The fraction of sp³-hybridized carbons (Fsp3) is 0.263. The van der Waals surface area contributed by atoms with E-state index in [9.17, 15) is 4.79 Å². The molecule has 124 valence electrons. The summed E-state index contributed by atoms with van der Waals surface area (Å²) in [5.74, 6) is 1.68. The van der Waals surface area contributed by atoms with Crippen LogP contribution in [0.2, 0.25) is 0 Å². The van der Waals surface area contributed by atoms with E-state index in [-0.39, 0.29) is 12.5 Å². The van der Waals surface area contributed by atoms with Crippen LogP contribution >= 0.6 is 0 Å². The first-order chi connectivity index (χ1) is 11.7. The number of hydrogen-bond acceptors (Lipinski definition) is 3. The molecule has 5 nitrogen and oxygen atoms in total. The predicted molar refractivity (Wildman–Crippen MR) is 94.0 cm³/mol. The highest BCUT2D eigenvalue weighted by molar-refractivity contribution is 5.81. The highest BCUT2D eigenvalue weighted by Gasteiger charge is 2.12. The zero-order chi connectivity index (χ0) is 16.9. The van der Waals surface area contributed by atoms with Crippen molar-refractivity contribution in [2.75, 3.05) is 7.11 Å². The van der Waals surface area contributed by atoms with Crippen LogP contribution in [-0.2, 0) is 24.3 Å². The summed E-state index contributed by atoms with van der Waals surface area (Å²) in [5.41, 5.74) is 2.93. The second-order valence-corrected chi connectivity index (χ2v) is 5.58. The van der Waals surface area contributed by atoms with Gasteiger partial charge in [-0.3, -0.25) is 4.79 Å². The van der Waals surface area contributed by atoms with Crippen molar-refractivity contribution in [1.82, 2.24) is 14.9 Å². The summed E-state index contributed by atoms with van der Waals surface area (Å²) in [6.45, 7) is 2.80. The van der Waals surface area contributed by atoms with E-state index in [0.717, 1.165) is 34.6 Å². The number of rotatable bonds is 6. The fourth-order valence-corrected chi connectivity index (χ4v) is 2.75. The highest BCUT2D eigenvalue weighted by atomic mass is 16.5. The Morgan fingerprint density at radius 2 is 2.04 bits per heavy atom. The predicted octanol–water partition coefficient (Wildman–Crippen LogP) is 2.92. The molecular formula is C19H21N3O2. The third-order valence-electron chi connectivity index (χ3n) is 3.98. The normalized spacial score (nSPS) is 10.8. The summed E-state index contributed by atoms with van der Waals surface area (Å²) in [7, 11) is 1.63. The Bertz CT molecular complexity index is 855. The van der Waals surface area contributed by atoms with E-state index in [1.807, 2.05) is 60.0 Å². The van der Waals surface area contributed by atoms with Gasteiger partial charge in [-0.25, -0.2) is 4.98 Å². The largest absolute Gasteiger partial charge is 0.497 e. The van der Waals surface area contributed by atoms with Gasteiger partial charge >= 0.3 is 0 Å². The molecule has 5 heteroatoms. The molecular weight excluding hydrogens is 302 g/mol. The molecule has 1 amide bonds.